The molecule has 0 unspecified atom stereocenters. The standard InChI is InChI=1S/C14H22N2O3S/c1-3-8-16(12-4-5-12)20(17,18)13-6-7-14(19-2)11(9-13)10-15/h6-7,9,12H,3-5,8,10,15H2,1-2H3. The summed E-state index contributed by atoms with van der Waals surface area (Å²) in [5.74, 6) is 0.625. The molecule has 0 bridgehead atoms. The van der Waals surface area contributed by atoms with Crippen molar-refractivity contribution in [1.29, 1.82) is 0 Å². The number of hydrogen-bond donors (Lipinski definition) is 1. The highest BCUT2D eigenvalue weighted by molar-refractivity contribution is 7.89. The van der Waals surface area contributed by atoms with Crippen molar-refractivity contribution in [2.75, 3.05) is 13.7 Å². The predicted octanol–water partition coefficient (Wildman–Crippen LogP) is 1.72. The lowest BCUT2D eigenvalue weighted by Crippen LogP contribution is -2.33. The first kappa shape index (κ1) is 15.3. The molecule has 2 rings (SSSR count). The highest BCUT2D eigenvalue weighted by Gasteiger charge is 2.37. The summed E-state index contributed by atoms with van der Waals surface area (Å²) in [4.78, 5) is 0.305. The minimum atomic E-state index is -3.44. The molecule has 0 radical (unpaired) electrons. The van der Waals surface area contributed by atoms with Crippen molar-refractivity contribution < 1.29 is 13.2 Å². The molecule has 0 aromatic heterocycles. The van der Waals surface area contributed by atoms with Crippen molar-refractivity contribution in [3.8, 4) is 5.75 Å². The minimum Gasteiger partial charge on any atom is -0.496 e. The Kier molecular flexibility index (Phi) is 4.67. The van der Waals surface area contributed by atoms with Crippen LogP contribution in [0, 0.1) is 0 Å². The average Bonchev–Trinajstić information content (AvgIpc) is 3.28. The van der Waals surface area contributed by atoms with E-state index in [0.29, 0.717) is 22.8 Å². The first-order valence-corrected chi connectivity index (χ1v) is 8.37. The summed E-state index contributed by atoms with van der Waals surface area (Å²) >= 11 is 0. The van der Waals surface area contributed by atoms with Crippen LogP contribution < -0.4 is 10.5 Å². The Bertz CT molecular complexity index is 568. The fourth-order valence-corrected chi connectivity index (χ4v) is 4.12. The summed E-state index contributed by atoms with van der Waals surface area (Å²) in [5.41, 5.74) is 6.37. The van der Waals surface area contributed by atoms with Crippen LogP contribution in [0.15, 0.2) is 23.1 Å². The van der Waals surface area contributed by atoms with Crippen molar-refractivity contribution in [3.63, 3.8) is 0 Å². The van der Waals surface area contributed by atoms with Crippen LogP contribution in [0.5, 0.6) is 5.75 Å². The van der Waals surface area contributed by atoms with Crippen molar-refractivity contribution in [2.24, 2.45) is 5.73 Å². The summed E-state index contributed by atoms with van der Waals surface area (Å²) in [6, 6.07) is 5.06. The van der Waals surface area contributed by atoms with Crippen LogP contribution in [-0.2, 0) is 16.6 Å². The van der Waals surface area contributed by atoms with Crippen molar-refractivity contribution in [3.05, 3.63) is 23.8 Å². The number of ether oxygens (including phenoxy) is 1. The quantitative estimate of drug-likeness (QED) is 0.832. The molecule has 0 spiro atoms. The smallest absolute Gasteiger partial charge is 0.243 e. The zero-order valence-electron chi connectivity index (χ0n) is 12.0. The maximum Gasteiger partial charge on any atom is 0.243 e. The summed E-state index contributed by atoms with van der Waals surface area (Å²) < 4.78 is 32.2. The molecular formula is C14H22N2O3S. The van der Waals surface area contributed by atoms with Crippen LogP contribution in [0.4, 0.5) is 0 Å². The highest BCUT2D eigenvalue weighted by atomic mass is 32.2. The van der Waals surface area contributed by atoms with Gasteiger partial charge in [0.05, 0.1) is 12.0 Å². The second kappa shape index (κ2) is 6.11. The zero-order chi connectivity index (χ0) is 14.8. The van der Waals surface area contributed by atoms with Crippen LogP contribution in [0.25, 0.3) is 0 Å². The molecule has 1 aliphatic rings. The molecule has 20 heavy (non-hydrogen) atoms. The molecule has 1 aromatic carbocycles. The average molecular weight is 298 g/mol. The molecule has 1 saturated carbocycles. The van der Waals surface area contributed by atoms with Gasteiger partial charge in [0.15, 0.2) is 0 Å². The summed E-state index contributed by atoms with van der Waals surface area (Å²) in [5, 5.41) is 0. The molecule has 5 nitrogen and oxygen atoms in total. The maximum absolute atomic E-state index is 12.7. The van der Waals surface area contributed by atoms with E-state index < -0.39 is 10.0 Å². The number of nitrogens with two attached hydrogens (primary N) is 1. The fourth-order valence-electron chi connectivity index (χ4n) is 2.29. The molecule has 0 heterocycles. The van der Waals surface area contributed by atoms with Crippen LogP contribution in [0.1, 0.15) is 31.7 Å². The number of methoxy groups -OCH3 is 1. The Morgan fingerprint density at radius 2 is 2.10 bits per heavy atom. The molecule has 1 aliphatic carbocycles. The van der Waals surface area contributed by atoms with Crippen molar-refractivity contribution >= 4 is 10.0 Å². The number of benzene rings is 1. The summed E-state index contributed by atoms with van der Waals surface area (Å²) in [6.07, 6.45) is 2.73. The van der Waals surface area contributed by atoms with E-state index in [1.807, 2.05) is 6.92 Å². The third kappa shape index (κ3) is 2.97. The van der Waals surface area contributed by atoms with E-state index in [0.717, 1.165) is 19.3 Å². The second-order valence-corrected chi connectivity index (χ2v) is 6.92. The number of nitrogens with zero attached hydrogens (tertiary/aromatic N) is 1. The van der Waals surface area contributed by atoms with Crippen molar-refractivity contribution in [1.82, 2.24) is 4.31 Å². The van der Waals surface area contributed by atoms with E-state index in [1.165, 1.54) is 0 Å². The van der Waals surface area contributed by atoms with Gasteiger partial charge in [-0.15, -0.1) is 0 Å². The number of rotatable bonds is 7. The maximum atomic E-state index is 12.7. The predicted molar refractivity (Wildman–Crippen MR) is 78.1 cm³/mol. The number of sulfonamides is 1. The van der Waals surface area contributed by atoms with Gasteiger partial charge in [-0.3, -0.25) is 0 Å². The Labute approximate surface area is 120 Å². The van der Waals surface area contributed by atoms with Crippen LogP contribution in [0.2, 0.25) is 0 Å². The van der Waals surface area contributed by atoms with E-state index in [9.17, 15) is 8.42 Å². The number of hydrogen-bond acceptors (Lipinski definition) is 4. The third-order valence-electron chi connectivity index (χ3n) is 3.48. The molecular weight excluding hydrogens is 276 g/mol. The Hall–Kier alpha value is -1.11. The van der Waals surface area contributed by atoms with E-state index in [1.54, 1.807) is 29.6 Å². The van der Waals surface area contributed by atoms with Gasteiger partial charge < -0.3 is 10.5 Å². The normalized spacial score (nSPS) is 15.6. The summed E-state index contributed by atoms with van der Waals surface area (Å²) in [6.45, 7) is 2.81. The minimum absolute atomic E-state index is 0.170. The van der Waals surface area contributed by atoms with Gasteiger partial charge in [0.2, 0.25) is 10.0 Å². The van der Waals surface area contributed by atoms with Gasteiger partial charge in [0.1, 0.15) is 5.75 Å². The highest BCUT2D eigenvalue weighted by Crippen LogP contribution is 2.33. The van der Waals surface area contributed by atoms with E-state index in [-0.39, 0.29) is 12.6 Å². The molecule has 0 amide bonds. The molecule has 112 valence electrons. The Morgan fingerprint density at radius 3 is 2.60 bits per heavy atom. The topological polar surface area (TPSA) is 72.6 Å². The zero-order valence-corrected chi connectivity index (χ0v) is 12.8. The van der Waals surface area contributed by atoms with Crippen LogP contribution in [-0.4, -0.2) is 32.4 Å². The Morgan fingerprint density at radius 1 is 1.40 bits per heavy atom. The molecule has 0 atom stereocenters. The van der Waals surface area contributed by atoms with E-state index in [2.05, 4.69) is 0 Å². The van der Waals surface area contributed by atoms with Gasteiger partial charge >= 0.3 is 0 Å². The van der Waals surface area contributed by atoms with Gasteiger partial charge in [-0.25, -0.2) is 8.42 Å². The molecule has 0 aliphatic heterocycles. The Balaban J connectivity index is 2.37. The van der Waals surface area contributed by atoms with Gasteiger partial charge in [-0.1, -0.05) is 6.92 Å². The molecule has 1 aromatic rings. The monoisotopic (exact) mass is 298 g/mol. The molecule has 1 fully saturated rings. The van der Waals surface area contributed by atoms with Crippen LogP contribution in [0.3, 0.4) is 0 Å². The largest absolute Gasteiger partial charge is 0.496 e. The van der Waals surface area contributed by atoms with Gasteiger partial charge in [0.25, 0.3) is 0 Å². The summed E-state index contributed by atoms with van der Waals surface area (Å²) in [7, 11) is -1.88. The third-order valence-corrected chi connectivity index (χ3v) is 5.42. The lowest BCUT2D eigenvalue weighted by molar-refractivity contribution is 0.401. The first-order valence-electron chi connectivity index (χ1n) is 6.93. The first-order chi connectivity index (χ1) is 9.54. The van der Waals surface area contributed by atoms with E-state index >= 15 is 0 Å². The van der Waals surface area contributed by atoms with Crippen LogP contribution >= 0.6 is 0 Å². The fraction of sp³-hybridized carbons (Fsp3) is 0.571. The molecule has 6 heteroatoms. The molecule has 0 saturated heterocycles. The van der Waals surface area contributed by atoms with Gasteiger partial charge in [-0.05, 0) is 37.5 Å². The lowest BCUT2D eigenvalue weighted by atomic mass is 10.2. The SMILES string of the molecule is CCCN(C1CC1)S(=O)(=O)c1ccc(OC)c(CN)c1. The van der Waals surface area contributed by atoms with Gasteiger partial charge in [0, 0.05) is 24.7 Å². The molecule has 2 N–H and O–H groups in total. The lowest BCUT2D eigenvalue weighted by Gasteiger charge is -2.22. The van der Waals surface area contributed by atoms with Crippen molar-refractivity contribution in [2.45, 2.75) is 43.7 Å². The van der Waals surface area contributed by atoms with E-state index in [4.69, 9.17) is 10.5 Å². The second-order valence-electron chi connectivity index (χ2n) is 5.02. The van der Waals surface area contributed by atoms with Gasteiger partial charge in [-0.2, -0.15) is 4.31 Å².